The van der Waals surface area contributed by atoms with Gasteiger partial charge in [-0.2, -0.15) is 0 Å². The number of thioether (sulfide) groups is 1. The van der Waals surface area contributed by atoms with Crippen LogP contribution in [-0.4, -0.2) is 17.6 Å². The number of nitrogens with zero attached hydrogens (tertiary/aromatic N) is 1. The molecular weight excluding hydrogens is 387 g/mol. The number of benzene rings is 3. The summed E-state index contributed by atoms with van der Waals surface area (Å²) < 4.78 is 13.8. The molecule has 1 saturated heterocycles. The maximum Gasteiger partial charge on any atom is 0.258 e. The van der Waals surface area contributed by atoms with Gasteiger partial charge in [0.1, 0.15) is 11.2 Å². The molecule has 6 heteroatoms. The van der Waals surface area contributed by atoms with Crippen LogP contribution in [0.2, 0.25) is 0 Å². The lowest BCUT2D eigenvalue weighted by molar-refractivity contribution is -0.115. The summed E-state index contributed by atoms with van der Waals surface area (Å²) in [6, 6.07) is 21.1. The lowest BCUT2D eigenvalue weighted by atomic mass is 10.1. The van der Waals surface area contributed by atoms with Crippen LogP contribution >= 0.6 is 11.8 Å². The number of hydrogen-bond donors (Lipinski definition) is 1. The Labute approximate surface area is 172 Å². The Bertz CT molecular complexity index is 1070. The van der Waals surface area contributed by atoms with Gasteiger partial charge in [0.25, 0.3) is 5.91 Å². The first kappa shape index (κ1) is 19.2. The van der Waals surface area contributed by atoms with Crippen molar-refractivity contribution in [3.63, 3.8) is 0 Å². The predicted molar refractivity (Wildman–Crippen MR) is 115 cm³/mol. The number of nitrogens with one attached hydrogen (secondary N) is 1. The maximum atomic E-state index is 13.8. The van der Waals surface area contributed by atoms with E-state index in [0.29, 0.717) is 11.4 Å². The molecule has 2 amide bonds. The van der Waals surface area contributed by atoms with Gasteiger partial charge < -0.3 is 5.32 Å². The molecule has 0 saturated carbocycles. The molecule has 1 atom stereocenters. The zero-order valence-electron chi connectivity index (χ0n) is 15.8. The van der Waals surface area contributed by atoms with Crippen molar-refractivity contribution in [2.45, 2.75) is 12.3 Å². The van der Waals surface area contributed by atoms with Crippen molar-refractivity contribution >= 4 is 35.0 Å². The Balaban J connectivity index is 1.53. The minimum Gasteiger partial charge on any atom is -0.322 e. The summed E-state index contributed by atoms with van der Waals surface area (Å²) in [5.74, 6) is -0.564. The zero-order valence-corrected chi connectivity index (χ0v) is 16.6. The third-order valence-electron chi connectivity index (χ3n) is 4.72. The molecule has 1 aliphatic rings. The van der Waals surface area contributed by atoms with E-state index in [9.17, 15) is 14.0 Å². The average molecular weight is 406 g/mol. The zero-order chi connectivity index (χ0) is 20.4. The van der Waals surface area contributed by atoms with Crippen molar-refractivity contribution < 1.29 is 14.0 Å². The summed E-state index contributed by atoms with van der Waals surface area (Å²) >= 11 is 1.57. The van der Waals surface area contributed by atoms with E-state index >= 15 is 0 Å². The molecule has 4 rings (SSSR count). The van der Waals surface area contributed by atoms with Crippen LogP contribution in [0.1, 0.15) is 26.9 Å². The first-order valence-electron chi connectivity index (χ1n) is 9.19. The first-order chi connectivity index (χ1) is 14.0. The number of carbonyl (C=O) groups excluding carboxylic acids is 2. The van der Waals surface area contributed by atoms with Gasteiger partial charge in [-0.3, -0.25) is 14.5 Å². The highest BCUT2D eigenvalue weighted by molar-refractivity contribution is 8.00. The first-order valence-corrected chi connectivity index (χ1v) is 10.2. The monoisotopic (exact) mass is 406 g/mol. The van der Waals surface area contributed by atoms with Gasteiger partial charge in [0.2, 0.25) is 5.91 Å². The molecule has 0 aromatic heterocycles. The van der Waals surface area contributed by atoms with Gasteiger partial charge in [0.05, 0.1) is 11.3 Å². The van der Waals surface area contributed by atoms with E-state index < -0.39 is 11.7 Å². The second-order valence-corrected chi connectivity index (χ2v) is 7.89. The Kier molecular flexibility index (Phi) is 5.36. The Hall–Kier alpha value is -3.12. The van der Waals surface area contributed by atoms with Gasteiger partial charge in [-0.15, -0.1) is 11.8 Å². The van der Waals surface area contributed by atoms with Crippen LogP contribution in [0, 0.1) is 12.7 Å². The van der Waals surface area contributed by atoms with Gasteiger partial charge in [-0.25, -0.2) is 4.39 Å². The summed E-state index contributed by atoms with van der Waals surface area (Å²) in [5.41, 5.74) is 3.50. The summed E-state index contributed by atoms with van der Waals surface area (Å²) in [5, 5.41) is 2.59. The molecule has 29 heavy (non-hydrogen) atoms. The summed E-state index contributed by atoms with van der Waals surface area (Å²) in [6.45, 7) is 2.00. The number of rotatable bonds is 4. The fraction of sp³-hybridized carbons (Fsp3) is 0.130. The molecule has 0 radical (unpaired) electrons. The van der Waals surface area contributed by atoms with Crippen molar-refractivity contribution in [1.29, 1.82) is 0 Å². The Morgan fingerprint density at radius 2 is 1.83 bits per heavy atom. The highest BCUT2D eigenvalue weighted by Gasteiger charge is 2.34. The van der Waals surface area contributed by atoms with Crippen LogP contribution in [0.25, 0.3) is 0 Å². The molecule has 1 aliphatic heterocycles. The summed E-state index contributed by atoms with van der Waals surface area (Å²) in [7, 11) is 0. The number of anilines is 2. The number of carbonyl (C=O) groups is 2. The molecule has 0 unspecified atom stereocenters. The minimum atomic E-state index is -0.559. The number of hydrogen-bond acceptors (Lipinski definition) is 3. The summed E-state index contributed by atoms with van der Waals surface area (Å²) in [6.07, 6.45) is 0. The van der Waals surface area contributed by atoms with E-state index in [1.54, 1.807) is 36.0 Å². The molecule has 3 aromatic carbocycles. The molecule has 0 spiro atoms. The molecular formula is C23H19FN2O2S. The van der Waals surface area contributed by atoms with E-state index in [2.05, 4.69) is 5.32 Å². The topological polar surface area (TPSA) is 49.4 Å². The standard InChI is InChI=1S/C23H19FN2O2S/c1-15-5-4-6-18(13-15)26-21(27)14-29-23(26)16-9-11-17(12-10-16)25-22(28)19-7-2-3-8-20(19)24/h2-13,23H,14H2,1H3,(H,25,28)/t23-/m1/s1. The van der Waals surface area contributed by atoms with Gasteiger partial charge >= 0.3 is 0 Å². The maximum absolute atomic E-state index is 13.8. The van der Waals surface area contributed by atoms with E-state index in [1.165, 1.54) is 12.1 Å². The number of halogens is 1. The van der Waals surface area contributed by atoms with E-state index in [4.69, 9.17) is 0 Å². The normalized spacial score (nSPS) is 16.1. The van der Waals surface area contributed by atoms with Crippen LogP contribution in [0.4, 0.5) is 15.8 Å². The van der Waals surface area contributed by atoms with E-state index in [1.807, 2.05) is 48.2 Å². The second kappa shape index (κ2) is 8.09. The SMILES string of the molecule is Cc1cccc(N2C(=O)CS[C@@H]2c2ccc(NC(=O)c3ccccc3F)cc2)c1. The largest absolute Gasteiger partial charge is 0.322 e. The lowest BCUT2D eigenvalue weighted by Gasteiger charge is -2.25. The van der Waals surface area contributed by atoms with Crippen LogP contribution in [0.5, 0.6) is 0 Å². The van der Waals surface area contributed by atoms with Crippen LogP contribution < -0.4 is 10.2 Å². The molecule has 3 aromatic rings. The van der Waals surface area contributed by atoms with Crippen molar-refractivity contribution in [3.8, 4) is 0 Å². The summed E-state index contributed by atoms with van der Waals surface area (Å²) in [4.78, 5) is 26.6. The molecule has 4 nitrogen and oxygen atoms in total. The lowest BCUT2D eigenvalue weighted by Crippen LogP contribution is -2.27. The average Bonchev–Trinajstić information content (AvgIpc) is 3.10. The van der Waals surface area contributed by atoms with Crippen LogP contribution in [0.3, 0.4) is 0 Å². The number of amides is 2. The second-order valence-electron chi connectivity index (χ2n) is 6.82. The van der Waals surface area contributed by atoms with Crippen molar-refractivity contribution in [1.82, 2.24) is 0 Å². The number of aryl methyl sites for hydroxylation is 1. The van der Waals surface area contributed by atoms with Crippen molar-refractivity contribution in [2.75, 3.05) is 16.0 Å². The molecule has 1 fully saturated rings. The van der Waals surface area contributed by atoms with Crippen LogP contribution in [-0.2, 0) is 4.79 Å². The molecule has 1 N–H and O–H groups in total. The predicted octanol–water partition coefficient (Wildman–Crippen LogP) is 5.17. The van der Waals surface area contributed by atoms with Crippen LogP contribution in [0.15, 0.2) is 72.8 Å². The van der Waals surface area contributed by atoms with Gasteiger partial charge in [-0.1, -0.05) is 36.4 Å². The molecule has 0 aliphatic carbocycles. The van der Waals surface area contributed by atoms with Gasteiger partial charge in [0.15, 0.2) is 0 Å². The molecule has 1 heterocycles. The van der Waals surface area contributed by atoms with E-state index in [-0.39, 0.29) is 16.8 Å². The fourth-order valence-electron chi connectivity index (χ4n) is 3.30. The molecule has 146 valence electrons. The van der Waals surface area contributed by atoms with Gasteiger partial charge in [-0.05, 0) is 54.4 Å². The smallest absolute Gasteiger partial charge is 0.258 e. The van der Waals surface area contributed by atoms with Crippen molar-refractivity contribution in [3.05, 3.63) is 95.3 Å². The third-order valence-corrected chi connectivity index (χ3v) is 5.93. The minimum absolute atomic E-state index is 0.000792. The highest BCUT2D eigenvalue weighted by atomic mass is 32.2. The third kappa shape index (κ3) is 4.03. The Morgan fingerprint density at radius 1 is 1.07 bits per heavy atom. The Morgan fingerprint density at radius 3 is 2.55 bits per heavy atom. The highest BCUT2D eigenvalue weighted by Crippen LogP contribution is 2.42. The van der Waals surface area contributed by atoms with E-state index in [0.717, 1.165) is 16.8 Å². The molecule has 0 bridgehead atoms. The quantitative estimate of drug-likeness (QED) is 0.651. The van der Waals surface area contributed by atoms with Crippen molar-refractivity contribution in [2.24, 2.45) is 0 Å². The van der Waals surface area contributed by atoms with Gasteiger partial charge in [0, 0.05) is 11.4 Å². The fourth-order valence-corrected chi connectivity index (χ4v) is 4.48.